The number of amides is 1. The van der Waals surface area contributed by atoms with E-state index in [0.29, 0.717) is 43.1 Å². The van der Waals surface area contributed by atoms with Gasteiger partial charge in [-0.05, 0) is 42.2 Å². The van der Waals surface area contributed by atoms with E-state index in [4.69, 9.17) is 16.3 Å². The van der Waals surface area contributed by atoms with Crippen molar-refractivity contribution in [2.45, 2.75) is 25.1 Å². The molecule has 1 aliphatic rings. The van der Waals surface area contributed by atoms with Gasteiger partial charge in [0.1, 0.15) is 5.75 Å². The lowest BCUT2D eigenvalue weighted by Gasteiger charge is -2.30. The number of rotatable bonds is 7. The highest BCUT2D eigenvalue weighted by Crippen LogP contribution is 2.24. The molecule has 0 radical (unpaired) electrons. The Kier molecular flexibility index (Phi) is 7.16. The summed E-state index contributed by atoms with van der Waals surface area (Å²) in [5, 5.41) is 3.39. The first kappa shape index (κ1) is 21.6. The van der Waals surface area contributed by atoms with Gasteiger partial charge in [-0.3, -0.25) is 4.79 Å². The number of methoxy groups -OCH3 is 1. The summed E-state index contributed by atoms with van der Waals surface area (Å²) in [6.45, 7) is 1.09. The third-order valence-electron chi connectivity index (χ3n) is 5.11. The van der Waals surface area contributed by atoms with E-state index in [1.807, 2.05) is 24.3 Å². The SMILES string of the molecule is COc1cccc(CNC(=O)C2CCN(S(=O)(=O)Cc3ccccc3Cl)CC2)c1. The minimum absolute atomic E-state index is 0.0454. The molecule has 29 heavy (non-hydrogen) atoms. The Morgan fingerprint density at radius 1 is 1.17 bits per heavy atom. The van der Waals surface area contributed by atoms with Crippen LogP contribution in [-0.4, -0.2) is 38.8 Å². The van der Waals surface area contributed by atoms with Crippen LogP contribution in [0.25, 0.3) is 0 Å². The quantitative estimate of drug-likeness (QED) is 0.723. The van der Waals surface area contributed by atoms with Crippen LogP contribution in [0.3, 0.4) is 0 Å². The highest BCUT2D eigenvalue weighted by molar-refractivity contribution is 7.88. The van der Waals surface area contributed by atoms with Crippen LogP contribution in [-0.2, 0) is 27.1 Å². The number of carbonyl (C=O) groups is 1. The fourth-order valence-corrected chi connectivity index (χ4v) is 5.29. The first-order valence-corrected chi connectivity index (χ1v) is 11.5. The minimum atomic E-state index is -3.47. The second-order valence-electron chi connectivity index (χ2n) is 7.09. The second kappa shape index (κ2) is 9.61. The standard InChI is InChI=1S/C21H25ClN2O4S/c1-28-19-7-4-5-16(13-19)14-23-21(25)17-9-11-24(12-10-17)29(26,27)15-18-6-2-3-8-20(18)22/h2-8,13,17H,9-12,14-15H2,1H3,(H,23,25). The van der Waals surface area contributed by atoms with Crippen LogP contribution in [0, 0.1) is 5.92 Å². The first-order chi connectivity index (χ1) is 13.9. The number of nitrogens with one attached hydrogen (secondary N) is 1. The van der Waals surface area contributed by atoms with Crippen LogP contribution in [0.1, 0.15) is 24.0 Å². The predicted octanol–water partition coefficient (Wildman–Crippen LogP) is 3.21. The summed E-state index contributed by atoms with van der Waals surface area (Å²) in [4.78, 5) is 12.5. The average Bonchev–Trinajstić information content (AvgIpc) is 2.74. The molecule has 3 rings (SSSR count). The summed E-state index contributed by atoms with van der Waals surface area (Å²) < 4.78 is 32.1. The molecular formula is C21H25ClN2O4S. The molecule has 0 bridgehead atoms. The highest BCUT2D eigenvalue weighted by Gasteiger charge is 2.31. The second-order valence-corrected chi connectivity index (χ2v) is 9.47. The molecule has 2 aromatic rings. The monoisotopic (exact) mass is 436 g/mol. The zero-order valence-corrected chi connectivity index (χ0v) is 17.9. The Morgan fingerprint density at radius 3 is 2.59 bits per heavy atom. The minimum Gasteiger partial charge on any atom is -0.497 e. The van der Waals surface area contributed by atoms with Crippen LogP contribution < -0.4 is 10.1 Å². The van der Waals surface area contributed by atoms with E-state index < -0.39 is 10.0 Å². The number of piperidine rings is 1. The van der Waals surface area contributed by atoms with Crippen molar-refractivity contribution in [3.63, 3.8) is 0 Å². The topological polar surface area (TPSA) is 75.7 Å². The number of hydrogen-bond acceptors (Lipinski definition) is 4. The largest absolute Gasteiger partial charge is 0.497 e. The summed E-state index contributed by atoms with van der Waals surface area (Å²) in [6, 6.07) is 14.5. The Hall–Kier alpha value is -2.09. The summed E-state index contributed by atoms with van der Waals surface area (Å²) in [5.41, 5.74) is 1.55. The van der Waals surface area contributed by atoms with Crippen molar-refractivity contribution < 1.29 is 17.9 Å². The van der Waals surface area contributed by atoms with Gasteiger partial charge < -0.3 is 10.1 Å². The highest BCUT2D eigenvalue weighted by atomic mass is 35.5. The maximum atomic E-state index is 12.7. The van der Waals surface area contributed by atoms with E-state index in [1.165, 1.54) is 4.31 Å². The molecule has 0 saturated carbocycles. The van der Waals surface area contributed by atoms with Crippen LogP contribution in [0.15, 0.2) is 48.5 Å². The van der Waals surface area contributed by atoms with Crippen LogP contribution in [0.5, 0.6) is 5.75 Å². The van der Waals surface area contributed by atoms with Gasteiger partial charge in [0.15, 0.2) is 0 Å². The lowest BCUT2D eigenvalue weighted by Crippen LogP contribution is -2.43. The van der Waals surface area contributed by atoms with Crippen molar-refractivity contribution in [2.24, 2.45) is 5.92 Å². The smallest absolute Gasteiger partial charge is 0.223 e. The normalized spacial score (nSPS) is 15.8. The first-order valence-electron chi connectivity index (χ1n) is 9.51. The van der Waals surface area contributed by atoms with Crippen LogP contribution in [0.2, 0.25) is 5.02 Å². The van der Waals surface area contributed by atoms with E-state index in [0.717, 1.165) is 11.3 Å². The molecule has 1 fully saturated rings. The fourth-order valence-electron chi connectivity index (χ4n) is 3.42. The molecule has 1 N–H and O–H groups in total. The zero-order valence-electron chi connectivity index (χ0n) is 16.3. The zero-order chi connectivity index (χ0) is 20.9. The molecule has 0 unspecified atom stereocenters. The lowest BCUT2D eigenvalue weighted by atomic mass is 9.97. The molecule has 2 aromatic carbocycles. The van der Waals surface area contributed by atoms with Crippen molar-refractivity contribution in [2.75, 3.05) is 20.2 Å². The molecule has 156 valence electrons. The Labute approximate surface area is 176 Å². The molecular weight excluding hydrogens is 412 g/mol. The van der Waals surface area contributed by atoms with Gasteiger partial charge >= 0.3 is 0 Å². The predicted molar refractivity (Wildman–Crippen MR) is 113 cm³/mol. The number of benzene rings is 2. The van der Waals surface area contributed by atoms with E-state index in [-0.39, 0.29) is 17.6 Å². The van der Waals surface area contributed by atoms with Gasteiger partial charge in [-0.25, -0.2) is 12.7 Å². The molecule has 6 nitrogen and oxygen atoms in total. The van der Waals surface area contributed by atoms with Crippen molar-refractivity contribution in [1.29, 1.82) is 0 Å². The van der Waals surface area contributed by atoms with Crippen molar-refractivity contribution in [3.05, 3.63) is 64.7 Å². The molecule has 1 aliphatic heterocycles. The lowest BCUT2D eigenvalue weighted by molar-refractivity contribution is -0.126. The van der Waals surface area contributed by atoms with Crippen molar-refractivity contribution in [3.8, 4) is 5.75 Å². The summed E-state index contributed by atoms with van der Waals surface area (Å²) in [5.74, 6) is 0.386. The third-order valence-corrected chi connectivity index (χ3v) is 7.31. The molecule has 1 heterocycles. The maximum absolute atomic E-state index is 12.7. The molecule has 1 saturated heterocycles. The number of hydrogen-bond donors (Lipinski definition) is 1. The molecule has 0 aromatic heterocycles. The Morgan fingerprint density at radius 2 is 1.90 bits per heavy atom. The molecule has 0 atom stereocenters. The number of halogens is 1. The van der Waals surface area contributed by atoms with E-state index in [1.54, 1.807) is 31.4 Å². The molecule has 8 heteroatoms. The van der Waals surface area contributed by atoms with Crippen molar-refractivity contribution in [1.82, 2.24) is 9.62 Å². The van der Waals surface area contributed by atoms with Gasteiger partial charge in [0.05, 0.1) is 12.9 Å². The number of sulfonamides is 1. The average molecular weight is 437 g/mol. The van der Waals surface area contributed by atoms with Gasteiger partial charge in [-0.15, -0.1) is 0 Å². The van der Waals surface area contributed by atoms with Crippen LogP contribution in [0.4, 0.5) is 0 Å². The molecule has 0 spiro atoms. The van der Waals surface area contributed by atoms with E-state index in [2.05, 4.69) is 5.32 Å². The Bertz CT molecular complexity index is 957. The van der Waals surface area contributed by atoms with Gasteiger partial charge in [0.2, 0.25) is 15.9 Å². The van der Waals surface area contributed by atoms with Crippen LogP contribution >= 0.6 is 11.6 Å². The van der Waals surface area contributed by atoms with Gasteiger partial charge in [-0.2, -0.15) is 0 Å². The third kappa shape index (κ3) is 5.72. The molecule has 0 aliphatic carbocycles. The van der Waals surface area contributed by atoms with E-state index in [9.17, 15) is 13.2 Å². The number of ether oxygens (including phenoxy) is 1. The van der Waals surface area contributed by atoms with Gasteiger partial charge in [0, 0.05) is 30.6 Å². The maximum Gasteiger partial charge on any atom is 0.223 e. The number of carbonyl (C=O) groups excluding carboxylic acids is 1. The fraction of sp³-hybridized carbons (Fsp3) is 0.381. The molecule has 1 amide bonds. The van der Waals surface area contributed by atoms with Gasteiger partial charge in [-0.1, -0.05) is 41.9 Å². The van der Waals surface area contributed by atoms with Crippen molar-refractivity contribution >= 4 is 27.5 Å². The Balaban J connectivity index is 1.51. The van der Waals surface area contributed by atoms with Gasteiger partial charge in [0.25, 0.3) is 0 Å². The summed E-state index contributed by atoms with van der Waals surface area (Å²) in [7, 11) is -1.87. The summed E-state index contributed by atoms with van der Waals surface area (Å²) >= 11 is 6.09. The number of nitrogens with zero attached hydrogens (tertiary/aromatic N) is 1. The van der Waals surface area contributed by atoms with E-state index >= 15 is 0 Å². The summed E-state index contributed by atoms with van der Waals surface area (Å²) in [6.07, 6.45) is 1.01.